The Labute approximate surface area is 118 Å². The van der Waals surface area contributed by atoms with Crippen molar-refractivity contribution < 1.29 is 9.53 Å². The lowest BCUT2D eigenvalue weighted by Gasteiger charge is -2.03. The van der Waals surface area contributed by atoms with Crippen LogP contribution in [-0.2, 0) is 4.74 Å². The number of carbonyl (C=O) groups excluding carboxylic acids is 1. The largest absolute Gasteiger partial charge is 0.461 e. The highest BCUT2D eigenvalue weighted by atomic mass is 79.9. The number of aromatic nitrogens is 2. The van der Waals surface area contributed by atoms with Gasteiger partial charge in [-0.2, -0.15) is 0 Å². The van der Waals surface area contributed by atoms with Gasteiger partial charge < -0.3 is 4.74 Å². The van der Waals surface area contributed by atoms with Gasteiger partial charge in [0.2, 0.25) is 0 Å². The van der Waals surface area contributed by atoms with E-state index in [4.69, 9.17) is 4.74 Å². The Balaban J connectivity index is 2.57. The summed E-state index contributed by atoms with van der Waals surface area (Å²) in [5.41, 5.74) is 1.14. The van der Waals surface area contributed by atoms with E-state index >= 15 is 0 Å². The highest BCUT2D eigenvalue weighted by molar-refractivity contribution is 9.10. The molecule has 0 bridgehead atoms. The van der Waals surface area contributed by atoms with E-state index in [1.165, 1.54) is 0 Å². The molecule has 2 aromatic rings. The molecule has 6 heteroatoms. The van der Waals surface area contributed by atoms with Gasteiger partial charge in [-0.3, -0.25) is 4.40 Å². The Bertz CT molecular complexity index is 583. The molecule has 2 heterocycles. The average molecular weight is 329 g/mol. The lowest BCUT2D eigenvalue weighted by Crippen LogP contribution is -2.06. The number of nitrogens with zero attached hydrogens (tertiary/aromatic N) is 2. The maximum Gasteiger partial charge on any atom is 0.359 e. The maximum atomic E-state index is 11.9. The minimum atomic E-state index is -0.367. The van der Waals surface area contributed by atoms with Gasteiger partial charge in [0, 0.05) is 10.7 Å². The van der Waals surface area contributed by atoms with Crippen molar-refractivity contribution in [1.29, 1.82) is 0 Å². The van der Waals surface area contributed by atoms with Gasteiger partial charge in [-0.15, -0.1) is 11.8 Å². The molecule has 0 aliphatic heterocycles. The molecule has 0 fully saturated rings. The minimum absolute atomic E-state index is 0.354. The summed E-state index contributed by atoms with van der Waals surface area (Å²) >= 11 is 5.00. The lowest BCUT2D eigenvalue weighted by molar-refractivity contribution is 0.0515. The van der Waals surface area contributed by atoms with Crippen LogP contribution in [0.4, 0.5) is 0 Å². The molecule has 0 atom stereocenters. The summed E-state index contributed by atoms with van der Waals surface area (Å²) < 4.78 is 7.89. The zero-order valence-electron chi connectivity index (χ0n) is 10.1. The first-order chi connectivity index (χ1) is 8.67. The van der Waals surface area contributed by atoms with E-state index < -0.39 is 0 Å². The van der Waals surface area contributed by atoms with E-state index in [-0.39, 0.29) is 5.97 Å². The smallest absolute Gasteiger partial charge is 0.359 e. The Hall–Kier alpha value is -1.01. The summed E-state index contributed by atoms with van der Waals surface area (Å²) in [7, 11) is 0. The van der Waals surface area contributed by atoms with Crippen LogP contribution in [0.25, 0.3) is 5.65 Å². The molecule has 0 saturated carbocycles. The predicted octanol–water partition coefficient (Wildman–Crippen LogP) is 3.39. The Morgan fingerprint density at radius 2 is 2.28 bits per heavy atom. The normalized spacial score (nSPS) is 10.8. The first kappa shape index (κ1) is 13.4. The second-order valence-corrected chi connectivity index (χ2v) is 5.66. The summed E-state index contributed by atoms with van der Waals surface area (Å²) in [4.78, 5) is 16.2. The van der Waals surface area contributed by atoms with Crippen LogP contribution in [-0.4, -0.2) is 27.7 Å². The van der Waals surface area contributed by atoms with Crippen LogP contribution in [0, 0.1) is 0 Å². The third-order valence-electron chi connectivity index (χ3n) is 2.29. The van der Waals surface area contributed by atoms with E-state index in [9.17, 15) is 4.79 Å². The molecule has 4 nitrogen and oxygen atoms in total. The zero-order chi connectivity index (χ0) is 13.1. The summed E-state index contributed by atoms with van der Waals surface area (Å²) in [6.45, 7) is 4.18. The van der Waals surface area contributed by atoms with Crippen LogP contribution < -0.4 is 0 Å². The number of thioether (sulfide) groups is 1. The van der Waals surface area contributed by atoms with E-state index in [1.54, 1.807) is 18.7 Å². The molecule has 2 rings (SSSR count). The van der Waals surface area contributed by atoms with Gasteiger partial charge in [-0.05, 0) is 40.7 Å². The van der Waals surface area contributed by atoms with Crippen LogP contribution in [0.15, 0.2) is 27.8 Å². The number of hydrogen-bond donors (Lipinski definition) is 0. The first-order valence-corrected chi connectivity index (χ1v) is 7.42. The minimum Gasteiger partial charge on any atom is -0.461 e. The molecule has 0 aliphatic rings. The number of carbonyl (C=O) groups is 1. The molecule has 0 spiro atoms. The quantitative estimate of drug-likeness (QED) is 0.637. The monoisotopic (exact) mass is 328 g/mol. The Morgan fingerprint density at radius 1 is 1.50 bits per heavy atom. The Kier molecular flexibility index (Phi) is 4.29. The van der Waals surface area contributed by atoms with Crippen molar-refractivity contribution in [2.45, 2.75) is 18.9 Å². The van der Waals surface area contributed by atoms with E-state index in [0.29, 0.717) is 12.3 Å². The fourth-order valence-electron chi connectivity index (χ4n) is 1.60. The van der Waals surface area contributed by atoms with Crippen molar-refractivity contribution in [3.05, 3.63) is 28.5 Å². The molecule has 0 amide bonds. The fourth-order valence-corrected chi connectivity index (χ4v) is 2.77. The summed E-state index contributed by atoms with van der Waals surface area (Å²) in [5.74, 6) is 0.500. The molecule has 96 valence electrons. The molecule has 0 aliphatic carbocycles. The number of ether oxygens (including phenoxy) is 1. The third-order valence-corrected chi connectivity index (χ3v) is 3.71. The van der Waals surface area contributed by atoms with Gasteiger partial charge in [0.25, 0.3) is 0 Å². The van der Waals surface area contributed by atoms with Gasteiger partial charge in [-0.1, -0.05) is 6.92 Å². The fraction of sp³-hybridized carbons (Fsp3) is 0.333. The Morgan fingerprint density at radius 3 is 2.94 bits per heavy atom. The summed E-state index contributed by atoms with van der Waals surface area (Å²) in [6, 6.07) is 3.77. The second kappa shape index (κ2) is 5.75. The highest BCUT2D eigenvalue weighted by Gasteiger charge is 2.20. The lowest BCUT2D eigenvalue weighted by atomic mass is 10.5. The topological polar surface area (TPSA) is 43.6 Å². The third kappa shape index (κ3) is 2.54. The van der Waals surface area contributed by atoms with Gasteiger partial charge in [0.15, 0.2) is 5.69 Å². The number of imidazole rings is 1. The van der Waals surface area contributed by atoms with Gasteiger partial charge in [-0.25, -0.2) is 9.78 Å². The standard InChI is InChI=1S/C12H13BrN2O2S/c1-3-17-12(16)10-11(18-4-2)15-7-8(13)5-6-9(15)14-10/h5-7H,3-4H2,1-2H3. The molecular weight excluding hydrogens is 316 g/mol. The van der Waals surface area contributed by atoms with Gasteiger partial charge in [0.1, 0.15) is 10.7 Å². The molecule has 0 unspecified atom stereocenters. The molecule has 2 aromatic heterocycles. The molecule has 0 radical (unpaired) electrons. The molecule has 18 heavy (non-hydrogen) atoms. The number of pyridine rings is 1. The van der Waals surface area contributed by atoms with Crippen molar-refractivity contribution in [3.8, 4) is 0 Å². The molecule has 0 saturated heterocycles. The van der Waals surface area contributed by atoms with Crippen LogP contribution >= 0.6 is 27.7 Å². The SMILES string of the molecule is CCOC(=O)c1nc2ccc(Br)cn2c1SCC. The van der Waals surface area contributed by atoms with Gasteiger partial charge in [0.05, 0.1) is 6.61 Å². The van der Waals surface area contributed by atoms with Crippen LogP contribution in [0.1, 0.15) is 24.3 Å². The molecule has 0 N–H and O–H groups in total. The van der Waals surface area contributed by atoms with Gasteiger partial charge >= 0.3 is 5.97 Å². The highest BCUT2D eigenvalue weighted by Crippen LogP contribution is 2.26. The van der Waals surface area contributed by atoms with E-state index in [0.717, 1.165) is 20.9 Å². The summed E-state index contributed by atoms with van der Waals surface area (Å²) in [5, 5.41) is 0.826. The molecular formula is C12H13BrN2O2S. The second-order valence-electron chi connectivity index (χ2n) is 3.49. The molecule has 0 aromatic carbocycles. The van der Waals surface area contributed by atoms with Crippen LogP contribution in [0.5, 0.6) is 0 Å². The number of fused-ring (bicyclic) bond motifs is 1. The van der Waals surface area contributed by atoms with Crippen molar-refractivity contribution in [2.24, 2.45) is 0 Å². The average Bonchev–Trinajstić information content (AvgIpc) is 2.69. The van der Waals surface area contributed by atoms with E-state index in [1.807, 2.05) is 29.7 Å². The zero-order valence-corrected chi connectivity index (χ0v) is 12.5. The number of esters is 1. The van der Waals surface area contributed by atoms with Crippen LogP contribution in [0.2, 0.25) is 0 Å². The maximum absolute atomic E-state index is 11.9. The van der Waals surface area contributed by atoms with Crippen LogP contribution in [0.3, 0.4) is 0 Å². The van der Waals surface area contributed by atoms with Crippen molar-refractivity contribution in [1.82, 2.24) is 9.38 Å². The summed E-state index contributed by atoms with van der Waals surface area (Å²) in [6.07, 6.45) is 1.91. The van der Waals surface area contributed by atoms with Crippen molar-refractivity contribution in [3.63, 3.8) is 0 Å². The predicted molar refractivity (Wildman–Crippen MR) is 75.2 cm³/mol. The van der Waals surface area contributed by atoms with Crippen molar-refractivity contribution >= 4 is 39.3 Å². The van der Waals surface area contributed by atoms with Crippen molar-refractivity contribution in [2.75, 3.05) is 12.4 Å². The first-order valence-electron chi connectivity index (χ1n) is 5.64. The number of rotatable bonds is 4. The van der Waals surface area contributed by atoms with E-state index in [2.05, 4.69) is 20.9 Å². The number of hydrogen-bond acceptors (Lipinski definition) is 4. The number of halogens is 1.